The summed E-state index contributed by atoms with van der Waals surface area (Å²) in [5.74, 6) is 0.944. The Labute approximate surface area is 147 Å². The molecule has 1 aromatic carbocycles. The highest BCUT2D eigenvalue weighted by Gasteiger charge is 2.26. The second kappa shape index (κ2) is 7.08. The first-order valence-corrected chi connectivity index (χ1v) is 9.78. The molecule has 2 aromatic rings. The van der Waals surface area contributed by atoms with Crippen LogP contribution < -0.4 is 0 Å². The molecule has 4 rings (SSSR count). The average molecular weight is 340 g/mol. The summed E-state index contributed by atoms with van der Waals surface area (Å²) in [4.78, 5) is 18.5. The van der Waals surface area contributed by atoms with Gasteiger partial charge in [0.25, 0.3) is 0 Å². The van der Waals surface area contributed by atoms with Crippen molar-refractivity contribution in [3.63, 3.8) is 0 Å². The average Bonchev–Trinajstić information content (AvgIpc) is 3.29. The van der Waals surface area contributed by atoms with Crippen LogP contribution >= 0.6 is 11.3 Å². The summed E-state index contributed by atoms with van der Waals surface area (Å²) in [5, 5.41) is 2.15. The molecule has 1 amide bonds. The normalized spacial score (nSPS) is 21.0. The van der Waals surface area contributed by atoms with Gasteiger partial charge in [0.2, 0.25) is 5.91 Å². The minimum absolute atomic E-state index is 0.315. The lowest BCUT2D eigenvalue weighted by Crippen LogP contribution is -2.37. The maximum absolute atomic E-state index is 12.5. The van der Waals surface area contributed by atoms with E-state index in [1.165, 1.54) is 22.4 Å². The van der Waals surface area contributed by atoms with Gasteiger partial charge in [-0.25, -0.2) is 0 Å². The second-order valence-electron chi connectivity index (χ2n) is 6.88. The van der Waals surface area contributed by atoms with E-state index in [1.54, 1.807) is 0 Å². The van der Waals surface area contributed by atoms with Crippen LogP contribution in [0.3, 0.4) is 0 Å². The van der Waals surface area contributed by atoms with Crippen LogP contribution in [0.25, 0.3) is 0 Å². The van der Waals surface area contributed by atoms with Crippen LogP contribution in [0.5, 0.6) is 0 Å². The molecule has 0 spiro atoms. The van der Waals surface area contributed by atoms with Crippen molar-refractivity contribution in [3.8, 4) is 0 Å². The molecule has 0 bridgehead atoms. The Morgan fingerprint density at radius 3 is 2.92 bits per heavy atom. The van der Waals surface area contributed by atoms with Crippen LogP contribution in [0.4, 0.5) is 0 Å². The maximum Gasteiger partial charge on any atom is 0.224 e. The number of fused-ring (bicyclic) bond motifs is 1. The van der Waals surface area contributed by atoms with Crippen molar-refractivity contribution in [1.29, 1.82) is 0 Å². The molecule has 4 heteroatoms. The number of thiophene rings is 1. The molecular weight excluding hydrogens is 316 g/mol. The lowest BCUT2D eigenvalue weighted by molar-refractivity contribution is -0.132. The van der Waals surface area contributed by atoms with E-state index in [4.69, 9.17) is 0 Å². The lowest BCUT2D eigenvalue weighted by Gasteiger charge is -2.28. The molecule has 3 nitrogen and oxygen atoms in total. The van der Waals surface area contributed by atoms with E-state index < -0.39 is 0 Å². The summed E-state index contributed by atoms with van der Waals surface area (Å²) >= 11 is 1.82. The van der Waals surface area contributed by atoms with E-state index in [0.29, 0.717) is 18.2 Å². The molecule has 0 radical (unpaired) electrons. The number of hydrogen-bond donors (Lipinski definition) is 0. The van der Waals surface area contributed by atoms with Gasteiger partial charge < -0.3 is 9.80 Å². The highest BCUT2D eigenvalue weighted by atomic mass is 32.1. The number of hydrogen-bond acceptors (Lipinski definition) is 3. The SMILES string of the molecule is O=C(CCN1CCC(c2ccccc2)C1)N1CCc2sccc2C1. The van der Waals surface area contributed by atoms with Crippen LogP contribution in [-0.4, -0.2) is 41.9 Å². The molecule has 1 atom stereocenters. The Kier molecular flexibility index (Phi) is 4.67. The molecule has 0 aliphatic carbocycles. The quantitative estimate of drug-likeness (QED) is 0.850. The molecule has 1 fully saturated rings. The number of nitrogens with zero attached hydrogens (tertiary/aromatic N) is 2. The monoisotopic (exact) mass is 340 g/mol. The molecule has 0 N–H and O–H groups in total. The predicted octanol–water partition coefficient (Wildman–Crippen LogP) is 3.51. The minimum Gasteiger partial charge on any atom is -0.338 e. The first-order chi connectivity index (χ1) is 11.8. The van der Waals surface area contributed by atoms with Crippen LogP contribution in [0.15, 0.2) is 41.8 Å². The number of likely N-dealkylation sites (tertiary alicyclic amines) is 1. The lowest BCUT2D eigenvalue weighted by atomic mass is 9.99. The summed E-state index contributed by atoms with van der Waals surface area (Å²) in [5.41, 5.74) is 2.79. The first-order valence-electron chi connectivity index (χ1n) is 8.90. The van der Waals surface area contributed by atoms with Crippen LogP contribution in [0.2, 0.25) is 0 Å². The van der Waals surface area contributed by atoms with Crippen molar-refractivity contribution in [1.82, 2.24) is 9.80 Å². The second-order valence-corrected chi connectivity index (χ2v) is 7.88. The van der Waals surface area contributed by atoms with Crippen molar-refractivity contribution < 1.29 is 4.79 Å². The summed E-state index contributed by atoms with van der Waals surface area (Å²) in [6.45, 7) is 4.80. The van der Waals surface area contributed by atoms with Gasteiger partial charge in [-0.2, -0.15) is 0 Å². The Balaban J connectivity index is 1.26. The molecule has 1 aromatic heterocycles. The van der Waals surface area contributed by atoms with E-state index in [0.717, 1.165) is 39.1 Å². The molecule has 1 unspecified atom stereocenters. The van der Waals surface area contributed by atoms with Crippen LogP contribution in [0, 0.1) is 0 Å². The molecule has 2 aliphatic heterocycles. The van der Waals surface area contributed by atoms with Gasteiger partial charge in [-0.1, -0.05) is 30.3 Å². The Morgan fingerprint density at radius 2 is 2.04 bits per heavy atom. The summed E-state index contributed by atoms with van der Waals surface area (Å²) in [6.07, 6.45) is 2.89. The Bertz CT molecular complexity index is 697. The van der Waals surface area contributed by atoms with E-state index in [1.807, 2.05) is 16.2 Å². The van der Waals surface area contributed by atoms with Gasteiger partial charge in [-0.3, -0.25) is 4.79 Å². The molecule has 0 saturated carbocycles. The van der Waals surface area contributed by atoms with Crippen molar-refractivity contribution in [2.75, 3.05) is 26.2 Å². The zero-order valence-electron chi connectivity index (χ0n) is 14.0. The van der Waals surface area contributed by atoms with Crippen molar-refractivity contribution >= 4 is 17.2 Å². The Hall–Kier alpha value is -1.65. The maximum atomic E-state index is 12.5. The van der Waals surface area contributed by atoms with E-state index >= 15 is 0 Å². The van der Waals surface area contributed by atoms with Crippen molar-refractivity contribution in [2.24, 2.45) is 0 Å². The number of benzene rings is 1. The third-order valence-electron chi connectivity index (χ3n) is 5.35. The predicted molar refractivity (Wildman–Crippen MR) is 98.3 cm³/mol. The van der Waals surface area contributed by atoms with Gasteiger partial charge in [0, 0.05) is 37.5 Å². The van der Waals surface area contributed by atoms with E-state index in [-0.39, 0.29) is 0 Å². The van der Waals surface area contributed by atoms with Gasteiger partial charge >= 0.3 is 0 Å². The van der Waals surface area contributed by atoms with Gasteiger partial charge in [0.05, 0.1) is 0 Å². The molecule has 24 heavy (non-hydrogen) atoms. The van der Waals surface area contributed by atoms with E-state index in [2.05, 4.69) is 46.7 Å². The summed E-state index contributed by atoms with van der Waals surface area (Å²) in [7, 11) is 0. The zero-order chi connectivity index (χ0) is 16.4. The van der Waals surface area contributed by atoms with Crippen LogP contribution in [-0.2, 0) is 17.8 Å². The highest BCUT2D eigenvalue weighted by Crippen LogP contribution is 2.27. The number of carbonyl (C=O) groups is 1. The third kappa shape index (κ3) is 3.40. The highest BCUT2D eigenvalue weighted by molar-refractivity contribution is 7.10. The standard InChI is InChI=1S/C20H24N2OS/c23-20(22-12-7-19-18(15-22)9-13-24-19)8-11-21-10-6-17(14-21)16-4-2-1-3-5-16/h1-5,9,13,17H,6-8,10-12,14-15H2. The third-order valence-corrected chi connectivity index (χ3v) is 6.37. The summed E-state index contributed by atoms with van der Waals surface area (Å²) < 4.78 is 0. The van der Waals surface area contributed by atoms with Gasteiger partial charge in [0.1, 0.15) is 0 Å². The van der Waals surface area contributed by atoms with Crippen LogP contribution in [0.1, 0.15) is 34.8 Å². The fraction of sp³-hybridized carbons (Fsp3) is 0.450. The fourth-order valence-electron chi connectivity index (χ4n) is 3.91. The molecule has 1 saturated heterocycles. The molecular formula is C20H24N2OS. The fourth-order valence-corrected chi connectivity index (χ4v) is 4.80. The molecule has 3 heterocycles. The molecule has 2 aliphatic rings. The van der Waals surface area contributed by atoms with Gasteiger partial charge in [-0.05, 0) is 47.9 Å². The first kappa shape index (κ1) is 15.9. The number of rotatable bonds is 4. The largest absolute Gasteiger partial charge is 0.338 e. The zero-order valence-corrected chi connectivity index (χ0v) is 14.8. The summed E-state index contributed by atoms with van der Waals surface area (Å²) in [6, 6.07) is 12.9. The van der Waals surface area contributed by atoms with E-state index in [9.17, 15) is 4.79 Å². The minimum atomic E-state index is 0.315. The number of amides is 1. The van der Waals surface area contributed by atoms with Gasteiger partial charge in [0.15, 0.2) is 0 Å². The molecule has 126 valence electrons. The Morgan fingerprint density at radius 1 is 1.17 bits per heavy atom. The van der Waals surface area contributed by atoms with Crippen molar-refractivity contribution in [2.45, 2.75) is 31.7 Å². The topological polar surface area (TPSA) is 23.6 Å². The van der Waals surface area contributed by atoms with Gasteiger partial charge in [-0.15, -0.1) is 11.3 Å². The number of carbonyl (C=O) groups excluding carboxylic acids is 1. The van der Waals surface area contributed by atoms with Crippen molar-refractivity contribution in [3.05, 3.63) is 57.8 Å². The smallest absolute Gasteiger partial charge is 0.224 e.